The van der Waals surface area contributed by atoms with Gasteiger partial charge in [0.25, 0.3) is 0 Å². The van der Waals surface area contributed by atoms with Crippen molar-refractivity contribution in [1.82, 2.24) is 9.97 Å². The molecule has 21 heavy (non-hydrogen) atoms. The van der Waals surface area contributed by atoms with E-state index in [-0.39, 0.29) is 0 Å². The minimum Gasteiger partial charge on any atom is -0.496 e. The van der Waals surface area contributed by atoms with Gasteiger partial charge in [0.1, 0.15) is 16.0 Å². The van der Waals surface area contributed by atoms with Crippen LogP contribution < -0.4 is 14.8 Å². The summed E-state index contributed by atoms with van der Waals surface area (Å²) in [5.74, 6) is 2.63. The predicted octanol–water partition coefficient (Wildman–Crippen LogP) is 3.93. The summed E-state index contributed by atoms with van der Waals surface area (Å²) in [5.41, 5.74) is 3.10. The van der Waals surface area contributed by atoms with Crippen molar-refractivity contribution in [2.45, 2.75) is 20.8 Å². The van der Waals surface area contributed by atoms with Crippen LogP contribution in [0.2, 0.25) is 0 Å². The Balaban J connectivity index is 2.50. The van der Waals surface area contributed by atoms with E-state index in [2.05, 4.69) is 31.2 Å². The van der Waals surface area contributed by atoms with Crippen LogP contribution >= 0.6 is 15.9 Å². The van der Waals surface area contributed by atoms with Crippen molar-refractivity contribution in [3.05, 3.63) is 33.6 Å². The largest absolute Gasteiger partial charge is 0.496 e. The first-order valence-electron chi connectivity index (χ1n) is 6.47. The molecule has 0 aliphatic rings. The molecule has 6 heteroatoms. The van der Waals surface area contributed by atoms with Crippen LogP contribution in [0.4, 0.5) is 11.5 Å². The molecule has 0 fully saturated rings. The number of methoxy groups -OCH3 is 2. The Morgan fingerprint density at radius 2 is 1.76 bits per heavy atom. The Bertz CT molecular complexity index is 674. The molecular weight excluding hydrogens is 334 g/mol. The van der Waals surface area contributed by atoms with Crippen LogP contribution in [0.25, 0.3) is 0 Å². The van der Waals surface area contributed by atoms with Crippen molar-refractivity contribution in [3.8, 4) is 11.6 Å². The lowest BCUT2D eigenvalue weighted by Crippen LogP contribution is -2.04. The van der Waals surface area contributed by atoms with E-state index >= 15 is 0 Å². The first-order valence-corrected chi connectivity index (χ1v) is 7.26. The second-order valence-corrected chi connectivity index (χ2v) is 5.45. The fraction of sp³-hybridized carbons (Fsp3) is 0.333. The molecule has 0 bridgehead atoms. The Morgan fingerprint density at radius 3 is 2.38 bits per heavy atom. The van der Waals surface area contributed by atoms with Crippen molar-refractivity contribution in [2.24, 2.45) is 0 Å². The van der Waals surface area contributed by atoms with Gasteiger partial charge in [-0.25, -0.2) is 4.98 Å². The highest BCUT2D eigenvalue weighted by molar-refractivity contribution is 9.10. The van der Waals surface area contributed by atoms with E-state index in [1.165, 1.54) is 0 Å². The zero-order valence-electron chi connectivity index (χ0n) is 12.7. The Labute approximate surface area is 132 Å². The van der Waals surface area contributed by atoms with Crippen LogP contribution in [0.1, 0.15) is 17.0 Å². The number of ether oxygens (including phenoxy) is 2. The maximum absolute atomic E-state index is 5.37. The second kappa shape index (κ2) is 6.30. The number of benzene rings is 1. The molecule has 0 amide bonds. The molecule has 0 aliphatic carbocycles. The van der Waals surface area contributed by atoms with E-state index in [4.69, 9.17) is 9.47 Å². The van der Waals surface area contributed by atoms with E-state index in [0.717, 1.165) is 22.6 Å². The minimum absolute atomic E-state index is 0.503. The van der Waals surface area contributed by atoms with Gasteiger partial charge < -0.3 is 14.8 Å². The van der Waals surface area contributed by atoms with Crippen LogP contribution in [0.15, 0.2) is 16.6 Å². The van der Waals surface area contributed by atoms with Crippen molar-refractivity contribution in [1.29, 1.82) is 0 Å². The van der Waals surface area contributed by atoms with Crippen LogP contribution in [0.3, 0.4) is 0 Å². The number of rotatable bonds is 4. The molecule has 0 saturated carbocycles. The zero-order valence-corrected chi connectivity index (χ0v) is 14.3. The van der Waals surface area contributed by atoms with E-state index in [9.17, 15) is 0 Å². The van der Waals surface area contributed by atoms with Crippen molar-refractivity contribution in [3.63, 3.8) is 0 Å². The Hall–Kier alpha value is -1.82. The van der Waals surface area contributed by atoms with E-state index in [1.54, 1.807) is 14.2 Å². The minimum atomic E-state index is 0.503. The fourth-order valence-corrected chi connectivity index (χ4v) is 2.55. The molecule has 1 N–H and O–H groups in total. The van der Waals surface area contributed by atoms with E-state index in [0.29, 0.717) is 22.0 Å². The van der Waals surface area contributed by atoms with Gasteiger partial charge in [-0.2, -0.15) is 4.98 Å². The molecule has 0 aliphatic heterocycles. The molecule has 0 radical (unpaired) electrons. The lowest BCUT2D eigenvalue weighted by atomic mass is 10.1. The van der Waals surface area contributed by atoms with Crippen LogP contribution in [-0.2, 0) is 0 Å². The standard InChI is InChI=1S/C15H18BrN3O2/c1-8-6-7-11(20-4)9(2)13(8)19-14-12(16)15(21-5)18-10(3)17-14/h6-7H,1-5H3,(H,17,18,19). The van der Waals surface area contributed by atoms with Gasteiger partial charge in [-0.15, -0.1) is 0 Å². The molecule has 5 nitrogen and oxygen atoms in total. The average Bonchev–Trinajstić information content (AvgIpc) is 2.46. The van der Waals surface area contributed by atoms with Crippen molar-refractivity contribution >= 4 is 27.4 Å². The topological polar surface area (TPSA) is 56.3 Å². The highest BCUT2D eigenvalue weighted by Crippen LogP contribution is 2.35. The molecule has 1 aromatic carbocycles. The summed E-state index contributed by atoms with van der Waals surface area (Å²) in [5, 5.41) is 3.34. The summed E-state index contributed by atoms with van der Waals surface area (Å²) in [6, 6.07) is 3.96. The van der Waals surface area contributed by atoms with Crippen LogP contribution in [-0.4, -0.2) is 24.2 Å². The smallest absolute Gasteiger partial charge is 0.233 e. The number of nitrogens with zero attached hydrogens (tertiary/aromatic N) is 2. The first-order chi connectivity index (χ1) is 9.97. The molecule has 0 unspecified atom stereocenters. The van der Waals surface area contributed by atoms with Gasteiger partial charge in [0, 0.05) is 11.3 Å². The van der Waals surface area contributed by atoms with Gasteiger partial charge in [-0.3, -0.25) is 0 Å². The third-order valence-corrected chi connectivity index (χ3v) is 3.93. The summed E-state index contributed by atoms with van der Waals surface area (Å²) < 4.78 is 11.3. The quantitative estimate of drug-likeness (QED) is 0.904. The lowest BCUT2D eigenvalue weighted by molar-refractivity contribution is 0.393. The van der Waals surface area contributed by atoms with E-state index in [1.807, 2.05) is 32.9 Å². The Kier molecular flexibility index (Phi) is 4.67. The molecule has 1 heterocycles. The number of aromatic nitrogens is 2. The average molecular weight is 352 g/mol. The molecule has 0 spiro atoms. The highest BCUT2D eigenvalue weighted by atomic mass is 79.9. The van der Waals surface area contributed by atoms with Gasteiger partial charge >= 0.3 is 0 Å². The summed E-state index contributed by atoms with van der Waals surface area (Å²) in [7, 11) is 3.24. The van der Waals surface area contributed by atoms with Crippen molar-refractivity contribution in [2.75, 3.05) is 19.5 Å². The monoisotopic (exact) mass is 351 g/mol. The van der Waals surface area contributed by atoms with Gasteiger partial charge in [-0.05, 0) is 48.3 Å². The molecule has 0 saturated heterocycles. The maximum Gasteiger partial charge on any atom is 0.233 e. The number of anilines is 2. The number of nitrogens with one attached hydrogen (secondary N) is 1. The second-order valence-electron chi connectivity index (χ2n) is 4.65. The molecule has 2 rings (SSSR count). The number of halogens is 1. The van der Waals surface area contributed by atoms with Gasteiger partial charge in [0.05, 0.1) is 14.2 Å². The third-order valence-electron chi connectivity index (χ3n) is 3.21. The van der Waals surface area contributed by atoms with Crippen molar-refractivity contribution < 1.29 is 9.47 Å². The van der Waals surface area contributed by atoms with Crippen LogP contribution in [0, 0.1) is 20.8 Å². The number of hydrogen-bond acceptors (Lipinski definition) is 5. The summed E-state index contributed by atoms with van der Waals surface area (Å²) >= 11 is 3.47. The van der Waals surface area contributed by atoms with Gasteiger partial charge in [0.2, 0.25) is 5.88 Å². The third kappa shape index (κ3) is 3.10. The zero-order chi connectivity index (χ0) is 15.6. The van der Waals surface area contributed by atoms with Gasteiger partial charge in [-0.1, -0.05) is 6.07 Å². The number of aryl methyl sites for hydroxylation is 2. The molecule has 2 aromatic rings. The van der Waals surface area contributed by atoms with Crippen LogP contribution in [0.5, 0.6) is 11.6 Å². The lowest BCUT2D eigenvalue weighted by Gasteiger charge is -2.16. The summed E-state index contributed by atoms with van der Waals surface area (Å²) in [6.45, 7) is 5.87. The SMILES string of the molecule is COc1ccc(C)c(Nc2nc(C)nc(OC)c2Br)c1C. The predicted molar refractivity (Wildman–Crippen MR) is 86.8 cm³/mol. The fourth-order valence-electron chi connectivity index (χ4n) is 2.11. The van der Waals surface area contributed by atoms with Gasteiger partial charge in [0.15, 0.2) is 5.82 Å². The Morgan fingerprint density at radius 1 is 1.05 bits per heavy atom. The molecule has 1 aromatic heterocycles. The van der Waals surface area contributed by atoms with E-state index < -0.39 is 0 Å². The normalized spacial score (nSPS) is 10.4. The highest BCUT2D eigenvalue weighted by Gasteiger charge is 2.14. The molecule has 112 valence electrons. The maximum atomic E-state index is 5.37. The summed E-state index contributed by atoms with van der Waals surface area (Å²) in [4.78, 5) is 8.65. The number of hydrogen-bond donors (Lipinski definition) is 1. The molecular formula is C15H18BrN3O2. The first kappa shape index (κ1) is 15.6. The molecule has 0 atom stereocenters. The summed E-state index contributed by atoms with van der Waals surface area (Å²) in [6.07, 6.45) is 0.